The Bertz CT molecular complexity index is 427. The minimum atomic E-state index is -0.819. The Kier molecular flexibility index (Phi) is 4.59. The summed E-state index contributed by atoms with van der Waals surface area (Å²) < 4.78 is 5.26. The molecule has 0 aromatic heterocycles. The van der Waals surface area contributed by atoms with Gasteiger partial charge in [0, 0.05) is 6.54 Å². The molecule has 4 nitrogen and oxygen atoms in total. The van der Waals surface area contributed by atoms with E-state index in [0.29, 0.717) is 6.54 Å². The summed E-state index contributed by atoms with van der Waals surface area (Å²) in [5.41, 5.74) is 1.21. The van der Waals surface area contributed by atoms with Gasteiger partial charge in [-0.2, -0.15) is 0 Å². The summed E-state index contributed by atoms with van der Waals surface area (Å²) in [6, 6.07) is 5.90. The number of rotatable bonds is 6. The summed E-state index contributed by atoms with van der Waals surface area (Å²) in [5.74, 6) is -0.0889. The van der Waals surface area contributed by atoms with Crippen LogP contribution in [0.25, 0.3) is 0 Å². The van der Waals surface area contributed by atoms with Crippen LogP contribution in [-0.2, 0) is 11.2 Å². The number of nitrogens with one attached hydrogen (secondary N) is 1. The molecule has 1 rings (SSSR count). The molecule has 100 valence electrons. The largest absolute Gasteiger partial charge is 0.495 e. The van der Waals surface area contributed by atoms with E-state index in [2.05, 4.69) is 12.2 Å². The van der Waals surface area contributed by atoms with Gasteiger partial charge in [-0.25, -0.2) is 0 Å². The fraction of sp³-hybridized carbons (Fsp3) is 0.500. The van der Waals surface area contributed by atoms with E-state index in [1.807, 2.05) is 18.2 Å². The van der Waals surface area contributed by atoms with Gasteiger partial charge in [-0.3, -0.25) is 4.79 Å². The van der Waals surface area contributed by atoms with Crippen LogP contribution in [0.1, 0.15) is 26.3 Å². The number of aryl methyl sites for hydroxylation is 1. The minimum Gasteiger partial charge on any atom is -0.495 e. The lowest BCUT2D eigenvalue weighted by Gasteiger charge is -2.21. The molecule has 0 unspecified atom stereocenters. The topological polar surface area (TPSA) is 58.6 Å². The van der Waals surface area contributed by atoms with Gasteiger partial charge >= 0.3 is 5.97 Å². The second kappa shape index (κ2) is 5.76. The van der Waals surface area contributed by atoms with Crippen LogP contribution < -0.4 is 10.1 Å². The Hall–Kier alpha value is -1.71. The third-order valence-corrected chi connectivity index (χ3v) is 2.97. The zero-order valence-electron chi connectivity index (χ0n) is 11.4. The van der Waals surface area contributed by atoms with Crippen LogP contribution in [0.5, 0.6) is 5.75 Å². The number of aliphatic carboxylic acids is 1. The van der Waals surface area contributed by atoms with Crippen molar-refractivity contribution in [3.63, 3.8) is 0 Å². The highest BCUT2D eigenvalue weighted by Crippen LogP contribution is 2.27. The van der Waals surface area contributed by atoms with E-state index in [0.717, 1.165) is 17.9 Å². The van der Waals surface area contributed by atoms with E-state index in [1.54, 1.807) is 21.0 Å². The Morgan fingerprint density at radius 3 is 2.61 bits per heavy atom. The van der Waals surface area contributed by atoms with Crippen molar-refractivity contribution in [1.82, 2.24) is 0 Å². The average Bonchev–Trinajstić information content (AvgIpc) is 2.35. The third kappa shape index (κ3) is 3.39. The van der Waals surface area contributed by atoms with Crippen LogP contribution >= 0.6 is 0 Å². The first-order valence-corrected chi connectivity index (χ1v) is 6.05. The first kappa shape index (κ1) is 14.4. The number of ether oxygens (including phenoxy) is 1. The van der Waals surface area contributed by atoms with Gasteiger partial charge in [-0.1, -0.05) is 13.0 Å². The van der Waals surface area contributed by atoms with Crippen molar-refractivity contribution in [2.24, 2.45) is 5.41 Å². The number of carboxylic acid groups (broad SMARTS) is 1. The first-order chi connectivity index (χ1) is 8.40. The number of hydrogen-bond donors (Lipinski definition) is 2. The molecule has 1 aromatic carbocycles. The Labute approximate surface area is 108 Å². The summed E-state index contributed by atoms with van der Waals surface area (Å²) in [6.07, 6.45) is 0.932. The number of carbonyl (C=O) groups is 1. The Balaban J connectivity index is 2.86. The Morgan fingerprint density at radius 1 is 1.44 bits per heavy atom. The molecule has 0 radical (unpaired) electrons. The lowest BCUT2D eigenvalue weighted by atomic mass is 9.94. The van der Waals surface area contributed by atoms with Gasteiger partial charge < -0.3 is 15.2 Å². The minimum absolute atomic E-state index is 0.353. The normalized spacial score (nSPS) is 11.1. The molecule has 4 heteroatoms. The molecule has 18 heavy (non-hydrogen) atoms. The van der Waals surface area contributed by atoms with Crippen molar-refractivity contribution < 1.29 is 14.6 Å². The quantitative estimate of drug-likeness (QED) is 0.816. The fourth-order valence-corrected chi connectivity index (χ4v) is 1.51. The molecule has 0 fully saturated rings. The highest BCUT2D eigenvalue weighted by Gasteiger charge is 2.27. The predicted molar refractivity (Wildman–Crippen MR) is 72.3 cm³/mol. The second-order valence-corrected chi connectivity index (χ2v) is 4.93. The van der Waals surface area contributed by atoms with Crippen molar-refractivity contribution in [3.05, 3.63) is 23.8 Å². The smallest absolute Gasteiger partial charge is 0.310 e. The average molecular weight is 251 g/mol. The van der Waals surface area contributed by atoms with Gasteiger partial charge in [0.25, 0.3) is 0 Å². The molecule has 0 heterocycles. The summed E-state index contributed by atoms with van der Waals surface area (Å²) in [4.78, 5) is 11.0. The Morgan fingerprint density at radius 2 is 2.11 bits per heavy atom. The molecule has 0 aliphatic carbocycles. The van der Waals surface area contributed by atoms with E-state index >= 15 is 0 Å². The van der Waals surface area contributed by atoms with E-state index in [4.69, 9.17) is 9.84 Å². The van der Waals surface area contributed by atoms with Gasteiger partial charge in [-0.05, 0) is 38.0 Å². The lowest BCUT2D eigenvalue weighted by molar-refractivity contribution is -0.146. The zero-order chi connectivity index (χ0) is 13.8. The van der Waals surface area contributed by atoms with Crippen molar-refractivity contribution in [3.8, 4) is 5.75 Å². The van der Waals surface area contributed by atoms with E-state index in [-0.39, 0.29) is 0 Å². The van der Waals surface area contributed by atoms with E-state index in [1.165, 1.54) is 5.56 Å². The molecule has 0 aliphatic heterocycles. The van der Waals surface area contributed by atoms with Crippen molar-refractivity contribution in [1.29, 1.82) is 0 Å². The molecular weight excluding hydrogens is 230 g/mol. The standard InChI is InChI=1S/C14H21NO3/c1-5-10-6-7-12(18-4)11(8-10)15-9-14(2,3)13(16)17/h6-8,15H,5,9H2,1-4H3,(H,16,17). The van der Waals surface area contributed by atoms with Crippen LogP contribution in [-0.4, -0.2) is 24.7 Å². The molecule has 0 saturated heterocycles. The first-order valence-electron chi connectivity index (χ1n) is 6.05. The van der Waals surface area contributed by atoms with Crippen LogP contribution in [0.2, 0.25) is 0 Å². The number of benzene rings is 1. The van der Waals surface area contributed by atoms with Crippen molar-refractivity contribution >= 4 is 11.7 Å². The maximum Gasteiger partial charge on any atom is 0.310 e. The molecule has 2 N–H and O–H groups in total. The lowest BCUT2D eigenvalue weighted by Crippen LogP contribution is -2.31. The van der Waals surface area contributed by atoms with Crippen LogP contribution in [0.3, 0.4) is 0 Å². The monoisotopic (exact) mass is 251 g/mol. The van der Waals surface area contributed by atoms with Crippen molar-refractivity contribution in [2.45, 2.75) is 27.2 Å². The number of methoxy groups -OCH3 is 1. The van der Waals surface area contributed by atoms with Gasteiger partial charge in [0.05, 0.1) is 18.2 Å². The van der Waals surface area contributed by atoms with Gasteiger partial charge in [0.15, 0.2) is 0 Å². The highest BCUT2D eigenvalue weighted by atomic mass is 16.5. The number of hydrogen-bond acceptors (Lipinski definition) is 3. The highest BCUT2D eigenvalue weighted by molar-refractivity contribution is 5.74. The van der Waals surface area contributed by atoms with Crippen LogP contribution in [0.15, 0.2) is 18.2 Å². The summed E-state index contributed by atoms with van der Waals surface area (Å²) >= 11 is 0. The SMILES string of the molecule is CCc1ccc(OC)c(NCC(C)(C)C(=O)O)c1. The van der Waals surface area contributed by atoms with Gasteiger partial charge in [-0.15, -0.1) is 0 Å². The molecule has 0 spiro atoms. The van der Waals surface area contributed by atoms with E-state index in [9.17, 15) is 4.79 Å². The second-order valence-electron chi connectivity index (χ2n) is 4.93. The molecular formula is C14H21NO3. The summed E-state index contributed by atoms with van der Waals surface area (Å²) in [5, 5.41) is 12.2. The molecule has 0 saturated carbocycles. The number of anilines is 1. The predicted octanol–water partition coefficient (Wildman–Crippen LogP) is 2.78. The summed E-state index contributed by atoms with van der Waals surface area (Å²) in [6.45, 7) is 5.82. The molecule has 0 atom stereocenters. The zero-order valence-corrected chi connectivity index (χ0v) is 11.4. The molecule has 0 aliphatic rings. The molecule has 0 bridgehead atoms. The van der Waals surface area contributed by atoms with Crippen LogP contribution in [0.4, 0.5) is 5.69 Å². The molecule has 0 amide bonds. The fourth-order valence-electron chi connectivity index (χ4n) is 1.51. The van der Waals surface area contributed by atoms with Crippen molar-refractivity contribution in [2.75, 3.05) is 19.0 Å². The third-order valence-electron chi connectivity index (χ3n) is 2.97. The maximum absolute atomic E-state index is 11.0. The summed E-state index contributed by atoms with van der Waals surface area (Å²) in [7, 11) is 1.61. The van der Waals surface area contributed by atoms with Gasteiger partial charge in [0.2, 0.25) is 0 Å². The molecule has 1 aromatic rings. The van der Waals surface area contributed by atoms with E-state index < -0.39 is 11.4 Å². The number of carboxylic acids is 1. The van der Waals surface area contributed by atoms with Crippen LogP contribution in [0, 0.1) is 5.41 Å². The van der Waals surface area contributed by atoms with Gasteiger partial charge in [0.1, 0.15) is 5.75 Å². The maximum atomic E-state index is 11.0.